The lowest BCUT2D eigenvalue weighted by Crippen LogP contribution is -2.44. The van der Waals surface area contributed by atoms with E-state index in [1.807, 2.05) is 30.3 Å². The van der Waals surface area contributed by atoms with Crippen molar-refractivity contribution in [1.29, 1.82) is 0 Å². The highest BCUT2D eigenvalue weighted by atomic mass is 19.4. The van der Waals surface area contributed by atoms with Crippen LogP contribution in [0.3, 0.4) is 0 Å². The van der Waals surface area contributed by atoms with E-state index < -0.39 is 42.5 Å². The van der Waals surface area contributed by atoms with Crippen molar-refractivity contribution >= 4 is 17.7 Å². The van der Waals surface area contributed by atoms with Crippen LogP contribution in [0.5, 0.6) is 0 Å². The highest BCUT2D eigenvalue weighted by Crippen LogP contribution is 2.26. The van der Waals surface area contributed by atoms with E-state index in [1.165, 1.54) is 19.9 Å². The summed E-state index contributed by atoms with van der Waals surface area (Å²) in [6.45, 7) is 2.77. The lowest BCUT2D eigenvalue weighted by atomic mass is 9.93. The number of benzene rings is 1. The summed E-state index contributed by atoms with van der Waals surface area (Å²) in [5.74, 6) is -1.11. The summed E-state index contributed by atoms with van der Waals surface area (Å²) < 4.78 is 39.4. The number of ketones is 1. The van der Waals surface area contributed by atoms with Crippen molar-refractivity contribution in [3.8, 4) is 0 Å². The molecule has 1 aromatic heterocycles. The second-order valence-electron chi connectivity index (χ2n) is 8.05. The number of nitrogens with one attached hydrogen (secondary N) is 1. The number of carbonyl (C=O) groups excluding carboxylic acids is 3. The lowest BCUT2D eigenvalue weighted by molar-refractivity contribution is -0.141. The fourth-order valence-corrected chi connectivity index (χ4v) is 3.83. The molecule has 1 unspecified atom stereocenters. The number of nitrogens with zero attached hydrogens (tertiary/aromatic N) is 2. The zero-order valence-corrected chi connectivity index (χ0v) is 17.5. The van der Waals surface area contributed by atoms with Crippen LogP contribution in [-0.4, -0.2) is 45.4 Å². The number of rotatable bonds is 7. The van der Waals surface area contributed by atoms with Crippen LogP contribution >= 0.6 is 0 Å². The summed E-state index contributed by atoms with van der Waals surface area (Å²) in [5, 5.41) is 2.65. The second-order valence-corrected chi connectivity index (χ2v) is 8.05. The molecule has 0 saturated carbocycles. The Labute approximate surface area is 178 Å². The topological polar surface area (TPSA) is 71.4 Å². The Morgan fingerprint density at radius 1 is 1.13 bits per heavy atom. The molecule has 1 aliphatic rings. The lowest BCUT2D eigenvalue weighted by Gasteiger charge is -2.21. The van der Waals surface area contributed by atoms with E-state index in [1.54, 1.807) is 6.92 Å². The van der Waals surface area contributed by atoms with Crippen LogP contribution in [0.1, 0.15) is 40.7 Å². The van der Waals surface area contributed by atoms with Crippen LogP contribution in [0, 0.1) is 13.8 Å². The first-order chi connectivity index (χ1) is 14.4. The quantitative estimate of drug-likeness (QED) is 0.531. The van der Waals surface area contributed by atoms with Crippen molar-refractivity contribution in [2.24, 2.45) is 0 Å². The zero-order valence-electron chi connectivity index (χ0n) is 17.5. The Morgan fingerprint density at radius 3 is 2.39 bits per heavy atom. The van der Waals surface area contributed by atoms with Crippen molar-refractivity contribution in [2.75, 3.05) is 6.54 Å². The van der Waals surface area contributed by atoms with Crippen LogP contribution in [0.2, 0.25) is 0 Å². The molecule has 0 spiro atoms. The normalized spacial score (nSPS) is 19.1. The number of carbonyl (C=O) groups is 3. The molecular weight excluding hydrogens is 411 g/mol. The van der Waals surface area contributed by atoms with Gasteiger partial charge in [0.15, 0.2) is 5.78 Å². The molecule has 2 heterocycles. The number of hydrogen-bond donors (Lipinski definition) is 1. The fraction of sp³-hybridized carbons (Fsp3) is 0.409. The van der Waals surface area contributed by atoms with Crippen molar-refractivity contribution in [3.63, 3.8) is 0 Å². The Balaban J connectivity index is 1.72. The predicted octanol–water partition coefficient (Wildman–Crippen LogP) is 3.79. The molecule has 1 fully saturated rings. The third-order valence-electron chi connectivity index (χ3n) is 5.61. The monoisotopic (exact) mass is 435 g/mol. The number of aryl methyl sites for hydroxylation is 2. The summed E-state index contributed by atoms with van der Waals surface area (Å²) in [5.41, 5.74) is 0.361. The largest absolute Gasteiger partial charge is 0.406 e. The standard InChI is InChI=1S/C22H24F3N3O3/c1-14-11-17(15(2)28(14)13-22(23,24)25)18(29)12-27-19(30)21(3,26-20(27)31)10-9-16-7-5-4-6-8-16/h4-8,11H,9-10,12-13H2,1-3H3,(H,26,31). The summed E-state index contributed by atoms with van der Waals surface area (Å²) in [4.78, 5) is 38.9. The van der Waals surface area contributed by atoms with Gasteiger partial charge < -0.3 is 9.88 Å². The molecule has 6 nitrogen and oxygen atoms in total. The average molecular weight is 435 g/mol. The molecule has 9 heteroatoms. The molecule has 3 amide bonds. The van der Waals surface area contributed by atoms with Crippen LogP contribution < -0.4 is 5.32 Å². The number of urea groups is 1. The van der Waals surface area contributed by atoms with E-state index in [2.05, 4.69) is 5.32 Å². The summed E-state index contributed by atoms with van der Waals surface area (Å²) >= 11 is 0. The molecule has 1 N–H and O–H groups in total. The van der Waals surface area contributed by atoms with Gasteiger partial charge in [-0.3, -0.25) is 14.5 Å². The van der Waals surface area contributed by atoms with Crippen LogP contribution in [0.4, 0.5) is 18.0 Å². The second kappa shape index (κ2) is 8.20. The maximum Gasteiger partial charge on any atom is 0.406 e. The van der Waals surface area contributed by atoms with Gasteiger partial charge in [0.1, 0.15) is 12.1 Å². The first-order valence-corrected chi connectivity index (χ1v) is 9.86. The number of Topliss-reactive ketones (excluding diaryl/α,β-unsaturated/α-hetero) is 1. The van der Waals surface area contributed by atoms with Gasteiger partial charge in [-0.15, -0.1) is 0 Å². The van der Waals surface area contributed by atoms with Crippen LogP contribution in [-0.2, 0) is 17.8 Å². The molecule has 166 valence electrons. The van der Waals surface area contributed by atoms with Gasteiger partial charge in [-0.05, 0) is 45.2 Å². The highest BCUT2D eigenvalue weighted by Gasteiger charge is 2.48. The van der Waals surface area contributed by atoms with E-state index in [9.17, 15) is 27.6 Å². The zero-order chi connectivity index (χ0) is 23.0. The third-order valence-corrected chi connectivity index (χ3v) is 5.61. The molecular formula is C22H24F3N3O3. The minimum absolute atomic E-state index is 0.0697. The minimum Gasteiger partial charge on any atom is -0.339 e. The molecule has 0 radical (unpaired) electrons. The number of amides is 3. The van der Waals surface area contributed by atoms with Gasteiger partial charge in [-0.2, -0.15) is 13.2 Å². The van der Waals surface area contributed by atoms with Crippen molar-refractivity contribution in [1.82, 2.24) is 14.8 Å². The third kappa shape index (κ3) is 4.81. The summed E-state index contributed by atoms with van der Waals surface area (Å²) in [6, 6.07) is 10.2. The molecule has 1 saturated heterocycles. The number of imide groups is 1. The molecule has 0 bridgehead atoms. The highest BCUT2D eigenvalue weighted by molar-refractivity contribution is 6.11. The van der Waals surface area contributed by atoms with E-state index in [4.69, 9.17) is 0 Å². The SMILES string of the molecule is Cc1cc(C(=O)CN2C(=O)NC(C)(CCc3ccccc3)C2=O)c(C)n1CC(F)(F)F. The maximum absolute atomic E-state index is 12.9. The van der Waals surface area contributed by atoms with E-state index in [0.29, 0.717) is 12.8 Å². The first kappa shape index (κ1) is 22.6. The Hall–Kier alpha value is -3.10. The molecule has 1 aliphatic heterocycles. The Kier molecular flexibility index (Phi) is 5.98. The van der Waals surface area contributed by atoms with E-state index in [0.717, 1.165) is 15.0 Å². The minimum atomic E-state index is -4.43. The van der Waals surface area contributed by atoms with Gasteiger partial charge in [0.2, 0.25) is 0 Å². The predicted molar refractivity (Wildman–Crippen MR) is 108 cm³/mol. The van der Waals surface area contributed by atoms with Gasteiger partial charge in [0.05, 0.1) is 6.54 Å². The van der Waals surface area contributed by atoms with E-state index >= 15 is 0 Å². The average Bonchev–Trinajstić information content (AvgIpc) is 3.08. The summed E-state index contributed by atoms with van der Waals surface area (Å²) in [7, 11) is 0. The van der Waals surface area contributed by atoms with Crippen LogP contribution in [0.15, 0.2) is 36.4 Å². The van der Waals surface area contributed by atoms with Gasteiger partial charge in [0.25, 0.3) is 5.91 Å². The fourth-order valence-electron chi connectivity index (χ4n) is 3.83. The number of aromatic nitrogens is 1. The van der Waals surface area contributed by atoms with Gasteiger partial charge in [-0.25, -0.2) is 4.79 Å². The van der Waals surface area contributed by atoms with Crippen molar-refractivity contribution < 1.29 is 27.6 Å². The van der Waals surface area contributed by atoms with Gasteiger partial charge in [0, 0.05) is 17.0 Å². The molecule has 1 atom stereocenters. The van der Waals surface area contributed by atoms with Gasteiger partial charge >= 0.3 is 12.2 Å². The molecule has 2 aromatic rings. The number of hydrogen-bond acceptors (Lipinski definition) is 3. The number of halogens is 3. The maximum atomic E-state index is 12.9. The van der Waals surface area contributed by atoms with Gasteiger partial charge in [-0.1, -0.05) is 30.3 Å². The smallest absolute Gasteiger partial charge is 0.339 e. The molecule has 1 aromatic carbocycles. The number of alkyl halides is 3. The van der Waals surface area contributed by atoms with Crippen LogP contribution in [0.25, 0.3) is 0 Å². The molecule has 0 aliphatic carbocycles. The Bertz CT molecular complexity index is 1010. The molecule has 3 rings (SSSR count). The van der Waals surface area contributed by atoms with E-state index in [-0.39, 0.29) is 17.0 Å². The van der Waals surface area contributed by atoms with Crippen molar-refractivity contribution in [2.45, 2.75) is 51.9 Å². The first-order valence-electron chi connectivity index (χ1n) is 9.86. The Morgan fingerprint density at radius 2 is 1.77 bits per heavy atom. The van der Waals surface area contributed by atoms with Crippen molar-refractivity contribution in [3.05, 3.63) is 58.9 Å². The molecule has 31 heavy (non-hydrogen) atoms. The summed E-state index contributed by atoms with van der Waals surface area (Å²) in [6.07, 6.45) is -3.52.